The molecule has 3 atom stereocenters. The van der Waals surface area contributed by atoms with Gasteiger partial charge in [-0.25, -0.2) is 9.36 Å². The average molecular weight is 306 g/mol. The summed E-state index contributed by atoms with van der Waals surface area (Å²) >= 11 is 0. The molecule has 0 fully saturated rings. The highest BCUT2D eigenvalue weighted by Crippen LogP contribution is 2.25. The molecule has 0 spiro atoms. The fraction of sp³-hybridized carbons (Fsp3) is 0.714. The average Bonchev–Trinajstić information content (AvgIpc) is 2.24. The van der Waals surface area contributed by atoms with E-state index in [0.29, 0.717) is 0 Å². The van der Waals surface area contributed by atoms with Gasteiger partial charge in [-0.05, 0) is 0 Å². The summed E-state index contributed by atoms with van der Waals surface area (Å²) < 4.78 is 8.88. The van der Waals surface area contributed by atoms with Gasteiger partial charge >= 0.3 is 13.8 Å². The smallest absolute Gasteiger partial charge is 0.466 e. The van der Waals surface area contributed by atoms with Crippen molar-refractivity contribution < 1.29 is 54.4 Å². The molecule has 0 saturated heterocycles. The fourth-order valence-electron chi connectivity index (χ4n) is 0.762. The zero-order valence-electron chi connectivity index (χ0n) is 9.40. The monoisotopic (exact) mass is 306 g/mol. The highest BCUT2D eigenvalue weighted by atomic mass is 31.2. The zero-order chi connectivity index (χ0) is 15.8. The van der Waals surface area contributed by atoms with E-state index in [0.717, 1.165) is 0 Å². The van der Waals surface area contributed by atoms with Gasteiger partial charge in [-0.15, -0.1) is 0 Å². The van der Waals surface area contributed by atoms with Crippen LogP contribution in [0.1, 0.15) is 6.42 Å². The van der Waals surface area contributed by atoms with E-state index < -0.39 is 50.9 Å². The third kappa shape index (κ3) is 13.3. The molecule has 0 aliphatic heterocycles. The quantitative estimate of drug-likeness (QED) is 0.176. The highest BCUT2D eigenvalue weighted by Gasteiger charge is 2.27. The number of carbonyl (C=O) groups is 2. The summed E-state index contributed by atoms with van der Waals surface area (Å²) in [5.41, 5.74) is 0. The fourth-order valence-corrected chi connectivity index (χ4v) is 0.762. The SMILES string of the molecule is O=C(O)C(=O)C[C@@H](O)[C@H](O)[C@H](O)CO.O=P(O)(O)O. The molecule has 114 valence electrons. The van der Waals surface area contributed by atoms with Crippen molar-refractivity contribution in [1.82, 2.24) is 0 Å². The Kier molecular flexibility index (Phi) is 9.74. The van der Waals surface area contributed by atoms with E-state index in [9.17, 15) is 9.59 Å². The van der Waals surface area contributed by atoms with Crippen molar-refractivity contribution in [3.05, 3.63) is 0 Å². The normalized spacial score (nSPS) is 15.7. The van der Waals surface area contributed by atoms with E-state index in [1.54, 1.807) is 0 Å². The van der Waals surface area contributed by atoms with Gasteiger partial charge in [0.1, 0.15) is 12.2 Å². The van der Waals surface area contributed by atoms with Crippen molar-refractivity contribution in [2.24, 2.45) is 0 Å². The van der Waals surface area contributed by atoms with Crippen LogP contribution in [0.15, 0.2) is 0 Å². The number of aliphatic hydroxyl groups excluding tert-OH is 4. The summed E-state index contributed by atoms with van der Waals surface area (Å²) in [6, 6.07) is 0. The minimum Gasteiger partial charge on any atom is -0.475 e. The highest BCUT2D eigenvalue weighted by molar-refractivity contribution is 7.45. The molecule has 19 heavy (non-hydrogen) atoms. The molecule has 0 rings (SSSR count). The number of hydrogen-bond donors (Lipinski definition) is 8. The molecule has 0 aromatic rings. The Morgan fingerprint density at radius 3 is 1.63 bits per heavy atom. The summed E-state index contributed by atoms with van der Waals surface area (Å²) in [5.74, 6) is -3.00. The lowest BCUT2D eigenvalue weighted by molar-refractivity contribution is -0.151. The van der Waals surface area contributed by atoms with E-state index in [2.05, 4.69) is 0 Å². The van der Waals surface area contributed by atoms with Crippen LogP contribution in [0.5, 0.6) is 0 Å². The molecule has 0 aromatic carbocycles. The zero-order valence-corrected chi connectivity index (χ0v) is 10.3. The first-order valence-corrected chi connectivity index (χ1v) is 6.16. The number of phosphoric acid groups is 1. The van der Waals surface area contributed by atoms with Crippen molar-refractivity contribution >= 4 is 19.6 Å². The van der Waals surface area contributed by atoms with Crippen LogP contribution in [-0.2, 0) is 14.2 Å². The molecule has 0 aliphatic carbocycles. The van der Waals surface area contributed by atoms with Gasteiger partial charge in [0.25, 0.3) is 0 Å². The molecule has 0 unspecified atom stereocenters. The first-order chi connectivity index (χ1) is 8.40. The number of hydrogen-bond acceptors (Lipinski definition) is 7. The van der Waals surface area contributed by atoms with Crippen LogP contribution in [0.3, 0.4) is 0 Å². The number of ketones is 1. The van der Waals surface area contributed by atoms with Gasteiger partial charge < -0.3 is 40.2 Å². The first-order valence-electron chi connectivity index (χ1n) is 4.59. The van der Waals surface area contributed by atoms with Crippen LogP contribution in [0.25, 0.3) is 0 Å². The third-order valence-electron chi connectivity index (χ3n) is 1.61. The number of carbonyl (C=O) groups excluding carboxylic acids is 1. The Morgan fingerprint density at radius 1 is 1.00 bits per heavy atom. The predicted octanol–water partition coefficient (Wildman–Crippen LogP) is -3.82. The maximum Gasteiger partial charge on any atom is 0.466 e. The lowest BCUT2D eigenvalue weighted by Crippen LogP contribution is -2.41. The van der Waals surface area contributed by atoms with Gasteiger partial charge in [0.2, 0.25) is 5.78 Å². The summed E-state index contributed by atoms with van der Waals surface area (Å²) in [4.78, 5) is 42.2. The topological polar surface area (TPSA) is 213 Å². The van der Waals surface area contributed by atoms with Crippen molar-refractivity contribution in [3.63, 3.8) is 0 Å². The van der Waals surface area contributed by atoms with Crippen LogP contribution in [-0.4, -0.2) is 76.9 Å². The maximum atomic E-state index is 10.6. The number of Topliss-reactive ketones (excluding diaryl/α,β-unsaturated/α-hetero) is 1. The Morgan fingerprint density at radius 2 is 1.37 bits per heavy atom. The minimum absolute atomic E-state index is 0.792. The van der Waals surface area contributed by atoms with Crippen molar-refractivity contribution in [2.45, 2.75) is 24.7 Å². The summed E-state index contributed by atoms with van der Waals surface area (Å²) in [6.07, 6.45) is -5.87. The first kappa shape index (κ1) is 20.4. The largest absolute Gasteiger partial charge is 0.475 e. The van der Waals surface area contributed by atoms with Crippen molar-refractivity contribution in [3.8, 4) is 0 Å². The second-order valence-corrected chi connectivity index (χ2v) is 4.28. The summed E-state index contributed by atoms with van der Waals surface area (Å²) in [7, 11) is -4.64. The number of carboxylic acids is 1. The third-order valence-corrected chi connectivity index (χ3v) is 1.61. The van der Waals surface area contributed by atoms with E-state index >= 15 is 0 Å². The Hall–Kier alpha value is -0.910. The molecule has 0 radical (unpaired) electrons. The molecule has 8 N–H and O–H groups in total. The van der Waals surface area contributed by atoms with E-state index in [-0.39, 0.29) is 0 Å². The van der Waals surface area contributed by atoms with Gasteiger partial charge in [0.05, 0.1) is 12.7 Å². The lowest BCUT2D eigenvalue weighted by atomic mass is 10.0. The van der Waals surface area contributed by atoms with E-state index in [1.165, 1.54) is 0 Å². The van der Waals surface area contributed by atoms with Gasteiger partial charge in [0.15, 0.2) is 0 Å². The number of aliphatic carboxylic acids is 1. The Labute approximate surface area is 106 Å². The Bertz CT molecular complexity index is 328. The molecular formula is C7H15O11P. The lowest BCUT2D eigenvalue weighted by Gasteiger charge is -2.20. The minimum atomic E-state index is -4.64. The molecule has 0 heterocycles. The molecule has 0 amide bonds. The van der Waals surface area contributed by atoms with Crippen LogP contribution >= 0.6 is 7.82 Å². The number of carboxylic acid groups (broad SMARTS) is 1. The second kappa shape index (κ2) is 9.07. The molecule has 0 aromatic heterocycles. The standard InChI is InChI=1S/C7H12O7.H3O4P/c8-2-5(11)6(12)3(9)1-4(10)7(13)14;1-5(2,3)4/h3,5-6,8-9,11-12H,1-2H2,(H,13,14);(H3,1,2,3,4)/t3-,5-,6+;/m1./s1. The Balaban J connectivity index is 0. The summed E-state index contributed by atoms with van der Waals surface area (Å²) in [5, 5.41) is 43.4. The second-order valence-electron chi connectivity index (χ2n) is 3.25. The molecule has 0 aliphatic rings. The van der Waals surface area contributed by atoms with Gasteiger partial charge in [0, 0.05) is 6.42 Å². The van der Waals surface area contributed by atoms with Crippen LogP contribution < -0.4 is 0 Å². The van der Waals surface area contributed by atoms with Crippen LogP contribution in [0.4, 0.5) is 0 Å². The van der Waals surface area contributed by atoms with Crippen LogP contribution in [0.2, 0.25) is 0 Å². The number of rotatable bonds is 6. The van der Waals surface area contributed by atoms with Gasteiger partial charge in [-0.2, -0.15) is 0 Å². The maximum absolute atomic E-state index is 10.6. The molecule has 12 heteroatoms. The van der Waals surface area contributed by atoms with Gasteiger partial charge in [-0.1, -0.05) is 0 Å². The van der Waals surface area contributed by atoms with E-state index in [1.807, 2.05) is 0 Å². The molecular weight excluding hydrogens is 291 g/mol. The number of aliphatic hydroxyl groups is 4. The summed E-state index contributed by atoms with van der Waals surface area (Å²) in [6.45, 7) is -0.792. The van der Waals surface area contributed by atoms with E-state index in [4.69, 9.17) is 44.8 Å². The van der Waals surface area contributed by atoms with Crippen molar-refractivity contribution in [2.75, 3.05) is 6.61 Å². The molecule has 0 bridgehead atoms. The predicted molar refractivity (Wildman–Crippen MR) is 56.6 cm³/mol. The molecule has 11 nitrogen and oxygen atoms in total. The van der Waals surface area contributed by atoms with Gasteiger partial charge in [-0.3, -0.25) is 4.79 Å². The van der Waals surface area contributed by atoms with Crippen molar-refractivity contribution in [1.29, 1.82) is 0 Å². The van der Waals surface area contributed by atoms with Crippen LogP contribution in [0, 0.1) is 0 Å². The molecule has 0 saturated carbocycles.